The first-order chi connectivity index (χ1) is 5.40. The molecule has 0 radical (unpaired) electrons. The van der Waals surface area contributed by atoms with Gasteiger partial charge in [0.15, 0.2) is 0 Å². The average molecular weight is 144 g/mol. The summed E-state index contributed by atoms with van der Waals surface area (Å²) in [5.74, 6) is 3.23. The summed E-state index contributed by atoms with van der Waals surface area (Å²) in [7, 11) is 0. The smallest absolute Gasteiger partial charge is 0.220 e. The van der Waals surface area contributed by atoms with E-state index in [0.29, 0.717) is 11.6 Å². The normalized spacial score (nSPS) is 9.73. The van der Waals surface area contributed by atoms with E-state index in [2.05, 4.69) is 21.0 Å². The highest BCUT2D eigenvalue weighted by molar-refractivity contribution is 5.29. The number of nitrogens with zero attached hydrogens (tertiary/aromatic N) is 4. The van der Waals surface area contributed by atoms with Crippen LogP contribution < -0.4 is 0 Å². The van der Waals surface area contributed by atoms with E-state index in [0.717, 1.165) is 0 Å². The third kappa shape index (κ3) is 0.829. The van der Waals surface area contributed by atoms with Crippen LogP contribution in [0.5, 0.6) is 0 Å². The molecule has 2 aromatic heterocycles. The molecule has 2 aromatic rings. The van der Waals surface area contributed by atoms with Crippen LogP contribution in [0.2, 0.25) is 0 Å². The summed E-state index contributed by atoms with van der Waals surface area (Å²) in [6.07, 6.45) is 8.49. The lowest BCUT2D eigenvalue weighted by molar-refractivity contribution is 0.932. The quantitative estimate of drug-likeness (QED) is 0.493. The Morgan fingerprint density at radius 3 is 3.18 bits per heavy atom. The molecule has 2 heterocycles. The van der Waals surface area contributed by atoms with Gasteiger partial charge in [0.25, 0.3) is 5.78 Å². The molecule has 2 rings (SSSR count). The van der Waals surface area contributed by atoms with Crippen molar-refractivity contribution in [1.82, 2.24) is 19.6 Å². The van der Waals surface area contributed by atoms with E-state index in [-0.39, 0.29) is 0 Å². The molecule has 0 spiro atoms. The van der Waals surface area contributed by atoms with Gasteiger partial charge in [0, 0.05) is 12.4 Å². The van der Waals surface area contributed by atoms with Crippen LogP contribution in [0, 0.1) is 12.3 Å². The second kappa shape index (κ2) is 2.06. The molecule has 0 aromatic carbocycles. The molecule has 0 amide bonds. The Balaban J connectivity index is 2.81. The lowest BCUT2D eigenvalue weighted by Gasteiger charge is -1.83. The summed E-state index contributed by atoms with van der Waals surface area (Å²) >= 11 is 0. The molecule has 4 nitrogen and oxygen atoms in total. The molecular weight excluding hydrogens is 140 g/mol. The monoisotopic (exact) mass is 144 g/mol. The highest BCUT2D eigenvalue weighted by atomic mass is 15.3. The van der Waals surface area contributed by atoms with Crippen LogP contribution in [0.3, 0.4) is 0 Å². The van der Waals surface area contributed by atoms with Crippen molar-refractivity contribution in [2.45, 2.75) is 0 Å². The predicted octanol–water partition coefficient (Wildman–Crippen LogP) is 0.106. The van der Waals surface area contributed by atoms with Crippen LogP contribution in [-0.2, 0) is 0 Å². The average Bonchev–Trinajstić information content (AvgIpc) is 2.46. The maximum Gasteiger partial charge on any atom is 0.253 e. The molecule has 0 aliphatic rings. The zero-order chi connectivity index (χ0) is 7.68. The maximum absolute atomic E-state index is 5.10. The molecular formula is C7H4N4. The van der Waals surface area contributed by atoms with Gasteiger partial charge in [-0.1, -0.05) is 0 Å². The molecule has 0 unspecified atom stereocenters. The molecule has 4 heteroatoms. The molecule has 52 valence electrons. The van der Waals surface area contributed by atoms with E-state index < -0.39 is 0 Å². The Morgan fingerprint density at radius 2 is 2.45 bits per heavy atom. The minimum absolute atomic E-state index is 0.365. The molecule has 0 bridgehead atoms. The number of aromatic nitrogens is 4. The number of hydrogen-bond acceptors (Lipinski definition) is 3. The largest absolute Gasteiger partial charge is 0.253 e. The van der Waals surface area contributed by atoms with Crippen LogP contribution in [0.4, 0.5) is 0 Å². The van der Waals surface area contributed by atoms with Crippen molar-refractivity contribution in [3.8, 4) is 12.3 Å². The van der Waals surface area contributed by atoms with Gasteiger partial charge in [-0.15, -0.1) is 11.5 Å². The van der Waals surface area contributed by atoms with E-state index in [4.69, 9.17) is 6.42 Å². The topological polar surface area (TPSA) is 43.1 Å². The van der Waals surface area contributed by atoms with Gasteiger partial charge in [-0.25, -0.2) is 9.50 Å². The van der Waals surface area contributed by atoms with Gasteiger partial charge in [0.1, 0.15) is 0 Å². The van der Waals surface area contributed by atoms with Crippen LogP contribution in [0.1, 0.15) is 5.82 Å². The van der Waals surface area contributed by atoms with Crippen molar-refractivity contribution in [3.63, 3.8) is 0 Å². The lowest BCUT2D eigenvalue weighted by Crippen LogP contribution is -1.87. The summed E-state index contributed by atoms with van der Waals surface area (Å²) < 4.78 is 1.54. The summed E-state index contributed by atoms with van der Waals surface area (Å²) in [5.41, 5.74) is 0. The highest BCUT2D eigenvalue weighted by Crippen LogP contribution is 1.93. The van der Waals surface area contributed by atoms with Crippen molar-refractivity contribution >= 4 is 5.78 Å². The first kappa shape index (κ1) is 5.86. The van der Waals surface area contributed by atoms with Gasteiger partial charge in [-0.05, 0) is 12.0 Å². The predicted molar refractivity (Wildman–Crippen MR) is 38.7 cm³/mol. The zero-order valence-corrected chi connectivity index (χ0v) is 5.60. The Morgan fingerprint density at radius 1 is 1.55 bits per heavy atom. The van der Waals surface area contributed by atoms with Crippen molar-refractivity contribution in [3.05, 3.63) is 24.3 Å². The fraction of sp³-hybridized carbons (Fsp3) is 0. The van der Waals surface area contributed by atoms with E-state index >= 15 is 0 Å². The van der Waals surface area contributed by atoms with Gasteiger partial charge in [-0.2, -0.15) is 4.98 Å². The van der Waals surface area contributed by atoms with Crippen molar-refractivity contribution < 1.29 is 0 Å². The van der Waals surface area contributed by atoms with E-state index in [1.807, 2.05) is 0 Å². The zero-order valence-electron chi connectivity index (χ0n) is 5.60. The second-order valence-corrected chi connectivity index (χ2v) is 1.94. The number of terminal acetylenes is 1. The fourth-order valence-corrected chi connectivity index (χ4v) is 0.794. The van der Waals surface area contributed by atoms with Gasteiger partial charge >= 0.3 is 0 Å². The van der Waals surface area contributed by atoms with E-state index in [1.165, 1.54) is 4.52 Å². The summed E-state index contributed by atoms with van der Waals surface area (Å²) in [6, 6.07) is 1.77. The maximum atomic E-state index is 5.10. The second-order valence-electron chi connectivity index (χ2n) is 1.94. The fourth-order valence-electron chi connectivity index (χ4n) is 0.794. The molecule has 0 fully saturated rings. The van der Waals surface area contributed by atoms with Crippen molar-refractivity contribution in [2.75, 3.05) is 0 Å². The van der Waals surface area contributed by atoms with Crippen molar-refractivity contribution in [1.29, 1.82) is 0 Å². The SMILES string of the molecule is C#Cc1nc2ncccn2n1. The lowest BCUT2D eigenvalue weighted by atomic mass is 10.7. The summed E-state index contributed by atoms with van der Waals surface area (Å²) in [6.45, 7) is 0. The Hall–Kier alpha value is -1.89. The van der Waals surface area contributed by atoms with Gasteiger partial charge in [-0.3, -0.25) is 0 Å². The van der Waals surface area contributed by atoms with E-state index in [9.17, 15) is 0 Å². The number of hydrogen-bond donors (Lipinski definition) is 0. The number of rotatable bonds is 0. The third-order valence-corrected chi connectivity index (χ3v) is 1.25. The minimum Gasteiger partial charge on any atom is -0.220 e. The molecule has 0 aliphatic heterocycles. The summed E-state index contributed by atoms with van der Waals surface area (Å²) in [4.78, 5) is 7.88. The third-order valence-electron chi connectivity index (χ3n) is 1.25. The van der Waals surface area contributed by atoms with E-state index in [1.54, 1.807) is 18.5 Å². The van der Waals surface area contributed by atoms with Gasteiger partial charge in [0.05, 0.1) is 0 Å². The molecule has 0 saturated carbocycles. The van der Waals surface area contributed by atoms with Crippen molar-refractivity contribution in [2.24, 2.45) is 0 Å². The van der Waals surface area contributed by atoms with Crippen LogP contribution >= 0.6 is 0 Å². The van der Waals surface area contributed by atoms with Crippen LogP contribution in [0.25, 0.3) is 5.78 Å². The molecule has 0 aliphatic carbocycles. The highest BCUT2D eigenvalue weighted by Gasteiger charge is 1.97. The number of fused-ring (bicyclic) bond motifs is 1. The molecule has 0 N–H and O–H groups in total. The Labute approximate surface area is 62.9 Å². The van der Waals surface area contributed by atoms with Gasteiger partial charge < -0.3 is 0 Å². The Bertz CT molecular complexity index is 390. The molecule has 0 saturated heterocycles. The summed E-state index contributed by atoms with van der Waals surface area (Å²) in [5, 5.41) is 3.94. The first-order valence-electron chi connectivity index (χ1n) is 3.04. The standard InChI is InChI=1S/C7H4N4/c1-2-6-9-7-8-4-3-5-11(7)10-6/h1,3-5H. The Kier molecular flexibility index (Phi) is 1.10. The molecule has 0 atom stereocenters. The van der Waals surface area contributed by atoms with Gasteiger partial charge in [0.2, 0.25) is 5.82 Å². The molecule has 11 heavy (non-hydrogen) atoms. The first-order valence-corrected chi connectivity index (χ1v) is 3.04. The van der Waals surface area contributed by atoms with Crippen LogP contribution in [0.15, 0.2) is 18.5 Å². The van der Waals surface area contributed by atoms with Crippen LogP contribution in [-0.4, -0.2) is 19.6 Å². The minimum atomic E-state index is 0.365.